The standard InChI is InChI=1S/C13H13N3S/c1-8-4-9(2)12(10(3)5-8)11-6-16-13(15-11)17-7-14-16/h4-7H,1-3H3. The minimum atomic E-state index is 0.944. The minimum absolute atomic E-state index is 0.944. The van der Waals surface area contributed by atoms with Crippen LogP contribution in [0.25, 0.3) is 16.2 Å². The van der Waals surface area contributed by atoms with Gasteiger partial charge < -0.3 is 0 Å². The number of rotatable bonds is 1. The van der Waals surface area contributed by atoms with Crippen molar-refractivity contribution in [3.8, 4) is 11.3 Å². The molecule has 0 unspecified atom stereocenters. The minimum Gasteiger partial charge on any atom is -0.217 e. The second-order valence-electron chi connectivity index (χ2n) is 4.37. The average molecular weight is 243 g/mol. The zero-order valence-electron chi connectivity index (χ0n) is 10.1. The van der Waals surface area contributed by atoms with Gasteiger partial charge in [0.1, 0.15) is 5.51 Å². The molecule has 86 valence electrons. The van der Waals surface area contributed by atoms with Crippen LogP contribution in [-0.4, -0.2) is 14.6 Å². The molecule has 0 bridgehead atoms. The molecule has 0 fully saturated rings. The maximum absolute atomic E-state index is 4.61. The van der Waals surface area contributed by atoms with Crippen molar-refractivity contribution in [2.24, 2.45) is 0 Å². The highest BCUT2D eigenvalue weighted by atomic mass is 32.1. The van der Waals surface area contributed by atoms with E-state index in [-0.39, 0.29) is 0 Å². The molecule has 0 aliphatic rings. The van der Waals surface area contributed by atoms with Gasteiger partial charge in [-0.1, -0.05) is 29.0 Å². The van der Waals surface area contributed by atoms with Crippen LogP contribution < -0.4 is 0 Å². The van der Waals surface area contributed by atoms with Crippen LogP contribution in [0.5, 0.6) is 0 Å². The zero-order valence-corrected chi connectivity index (χ0v) is 10.9. The molecule has 4 heteroatoms. The summed E-state index contributed by atoms with van der Waals surface area (Å²) in [5.74, 6) is 0. The number of hydrogen-bond acceptors (Lipinski definition) is 3. The van der Waals surface area contributed by atoms with Gasteiger partial charge in [0.05, 0.1) is 11.9 Å². The summed E-state index contributed by atoms with van der Waals surface area (Å²) in [7, 11) is 0. The van der Waals surface area contributed by atoms with Gasteiger partial charge in [0, 0.05) is 5.56 Å². The summed E-state index contributed by atoms with van der Waals surface area (Å²) in [4.78, 5) is 5.56. The van der Waals surface area contributed by atoms with E-state index in [2.05, 4.69) is 43.0 Å². The monoisotopic (exact) mass is 243 g/mol. The van der Waals surface area contributed by atoms with Crippen LogP contribution in [0.3, 0.4) is 0 Å². The van der Waals surface area contributed by atoms with E-state index >= 15 is 0 Å². The van der Waals surface area contributed by atoms with Crippen molar-refractivity contribution in [3.63, 3.8) is 0 Å². The number of aryl methyl sites for hydroxylation is 3. The Morgan fingerprint density at radius 2 is 1.82 bits per heavy atom. The van der Waals surface area contributed by atoms with Gasteiger partial charge in [-0.3, -0.25) is 0 Å². The van der Waals surface area contributed by atoms with Crippen molar-refractivity contribution < 1.29 is 0 Å². The molecule has 17 heavy (non-hydrogen) atoms. The summed E-state index contributed by atoms with van der Waals surface area (Å²) in [5, 5.41) is 4.21. The van der Waals surface area contributed by atoms with Gasteiger partial charge >= 0.3 is 0 Å². The van der Waals surface area contributed by atoms with Crippen LogP contribution in [0.4, 0.5) is 0 Å². The average Bonchev–Trinajstić information content (AvgIpc) is 2.75. The largest absolute Gasteiger partial charge is 0.217 e. The molecule has 3 aromatic rings. The van der Waals surface area contributed by atoms with Gasteiger partial charge in [-0.25, -0.2) is 9.50 Å². The van der Waals surface area contributed by atoms with Gasteiger partial charge in [0.15, 0.2) is 0 Å². The Morgan fingerprint density at radius 1 is 1.12 bits per heavy atom. The van der Waals surface area contributed by atoms with Gasteiger partial charge in [0.25, 0.3) is 0 Å². The molecule has 0 aliphatic heterocycles. The van der Waals surface area contributed by atoms with Crippen LogP contribution in [0.2, 0.25) is 0 Å². The van der Waals surface area contributed by atoms with E-state index in [4.69, 9.17) is 0 Å². The molecule has 0 saturated carbocycles. The van der Waals surface area contributed by atoms with Crippen molar-refractivity contribution >= 4 is 16.3 Å². The summed E-state index contributed by atoms with van der Waals surface area (Å²) in [6.07, 6.45) is 2.00. The number of fused-ring (bicyclic) bond motifs is 1. The van der Waals surface area contributed by atoms with E-state index in [9.17, 15) is 0 Å². The topological polar surface area (TPSA) is 30.2 Å². The van der Waals surface area contributed by atoms with Crippen molar-refractivity contribution in [2.45, 2.75) is 20.8 Å². The van der Waals surface area contributed by atoms with Crippen molar-refractivity contribution in [3.05, 3.63) is 40.5 Å². The maximum Gasteiger partial charge on any atom is 0.212 e. The molecule has 0 atom stereocenters. The summed E-state index contributed by atoms with van der Waals surface area (Å²) >= 11 is 1.56. The summed E-state index contributed by atoms with van der Waals surface area (Å²) < 4.78 is 1.83. The summed E-state index contributed by atoms with van der Waals surface area (Å²) in [6.45, 7) is 6.39. The van der Waals surface area contributed by atoms with E-state index in [1.165, 1.54) is 22.3 Å². The normalized spacial score (nSPS) is 11.2. The fraction of sp³-hybridized carbons (Fsp3) is 0.231. The molecule has 0 saturated heterocycles. The Labute approximate surface area is 104 Å². The first-order valence-electron chi connectivity index (χ1n) is 5.52. The van der Waals surface area contributed by atoms with Crippen LogP contribution in [0, 0.1) is 20.8 Å². The molecule has 3 nitrogen and oxygen atoms in total. The zero-order chi connectivity index (χ0) is 12.0. The highest BCUT2D eigenvalue weighted by Gasteiger charge is 2.11. The van der Waals surface area contributed by atoms with Gasteiger partial charge in [-0.05, 0) is 31.9 Å². The highest BCUT2D eigenvalue weighted by Crippen LogP contribution is 2.28. The van der Waals surface area contributed by atoms with Crippen molar-refractivity contribution in [1.29, 1.82) is 0 Å². The Bertz CT molecular complexity index is 642. The lowest BCUT2D eigenvalue weighted by Gasteiger charge is -2.08. The van der Waals surface area contributed by atoms with Gasteiger partial charge in [-0.2, -0.15) is 5.10 Å². The Balaban J connectivity index is 2.25. The fourth-order valence-electron chi connectivity index (χ4n) is 2.34. The van der Waals surface area contributed by atoms with E-state index in [0.29, 0.717) is 0 Å². The first kappa shape index (κ1) is 10.5. The third-order valence-corrected chi connectivity index (χ3v) is 3.61. The molecule has 0 spiro atoms. The second kappa shape index (κ2) is 3.67. The molecule has 3 rings (SSSR count). The Kier molecular flexibility index (Phi) is 2.26. The molecular formula is C13H13N3S. The van der Waals surface area contributed by atoms with Crippen LogP contribution in [0.15, 0.2) is 23.8 Å². The highest BCUT2D eigenvalue weighted by molar-refractivity contribution is 7.14. The predicted octanol–water partition coefficient (Wildman–Crippen LogP) is 3.38. The van der Waals surface area contributed by atoms with Crippen molar-refractivity contribution in [1.82, 2.24) is 14.6 Å². The molecule has 2 aromatic heterocycles. The molecule has 0 radical (unpaired) electrons. The number of benzene rings is 1. The quantitative estimate of drug-likeness (QED) is 0.656. The molecule has 0 aliphatic carbocycles. The van der Waals surface area contributed by atoms with Gasteiger partial charge in [-0.15, -0.1) is 0 Å². The van der Waals surface area contributed by atoms with E-state index in [1.807, 2.05) is 10.7 Å². The van der Waals surface area contributed by atoms with Crippen LogP contribution >= 0.6 is 11.3 Å². The third-order valence-electron chi connectivity index (χ3n) is 2.92. The Morgan fingerprint density at radius 3 is 2.47 bits per heavy atom. The lowest BCUT2D eigenvalue weighted by atomic mass is 9.98. The van der Waals surface area contributed by atoms with E-state index in [0.717, 1.165) is 10.7 Å². The van der Waals surface area contributed by atoms with Crippen LogP contribution in [0.1, 0.15) is 16.7 Å². The van der Waals surface area contributed by atoms with Gasteiger partial charge in [0.2, 0.25) is 4.96 Å². The molecule has 0 amide bonds. The molecular weight excluding hydrogens is 230 g/mol. The molecule has 2 heterocycles. The fourth-order valence-corrected chi connectivity index (χ4v) is 2.95. The lowest BCUT2D eigenvalue weighted by molar-refractivity contribution is 0.974. The predicted molar refractivity (Wildman–Crippen MR) is 70.5 cm³/mol. The van der Waals surface area contributed by atoms with E-state index < -0.39 is 0 Å². The lowest BCUT2D eigenvalue weighted by Crippen LogP contribution is -1.90. The summed E-state index contributed by atoms with van der Waals surface area (Å²) in [6, 6.07) is 4.40. The first-order chi connectivity index (χ1) is 8.15. The number of hydrogen-bond donors (Lipinski definition) is 0. The molecule has 0 N–H and O–H groups in total. The maximum atomic E-state index is 4.61. The third kappa shape index (κ3) is 1.65. The number of aromatic nitrogens is 3. The van der Waals surface area contributed by atoms with Crippen molar-refractivity contribution in [2.75, 3.05) is 0 Å². The van der Waals surface area contributed by atoms with Crippen LogP contribution in [-0.2, 0) is 0 Å². The SMILES string of the molecule is Cc1cc(C)c(-c2cn3ncsc3n2)c(C)c1. The second-order valence-corrected chi connectivity index (χ2v) is 5.18. The number of nitrogens with zero attached hydrogens (tertiary/aromatic N) is 3. The molecule has 1 aromatic carbocycles. The number of imidazole rings is 1. The Hall–Kier alpha value is -1.68. The first-order valence-corrected chi connectivity index (χ1v) is 6.40. The summed E-state index contributed by atoms with van der Waals surface area (Å²) in [5.41, 5.74) is 7.89. The van der Waals surface area contributed by atoms with E-state index in [1.54, 1.807) is 16.8 Å². The smallest absolute Gasteiger partial charge is 0.212 e.